The van der Waals surface area contributed by atoms with Gasteiger partial charge in [0.1, 0.15) is 5.75 Å². The van der Waals surface area contributed by atoms with Gasteiger partial charge in [-0.25, -0.2) is 0 Å². The highest BCUT2D eigenvalue weighted by Gasteiger charge is 2.20. The molecule has 0 spiro atoms. The van der Waals surface area contributed by atoms with Gasteiger partial charge in [0.25, 0.3) is 0 Å². The molecule has 1 saturated carbocycles. The first kappa shape index (κ1) is 13.9. The average Bonchev–Trinajstić information content (AvgIpc) is 2.99. The zero-order chi connectivity index (χ0) is 13.8. The summed E-state index contributed by atoms with van der Waals surface area (Å²) in [6.07, 6.45) is 9.26. The van der Waals surface area contributed by atoms with Crippen molar-refractivity contribution < 1.29 is 4.74 Å². The molecule has 0 saturated heterocycles. The van der Waals surface area contributed by atoms with E-state index < -0.39 is 0 Å². The molecule has 1 atom stereocenters. The van der Waals surface area contributed by atoms with Gasteiger partial charge >= 0.3 is 0 Å². The highest BCUT2D eigenvalue weighted by Crippen LogP contribution is 2.33. The van der Waals surface area contributed by atoms with Crippen LogP contribution in [-0.2, 0) is 6.42 Å². The van der Waals surface area contributed by atoms with E-state index in [9.17, 15) is 0 Å². The normalized spacial score (nSPS) is 22.8. The maximum absolute atomic E-state index is 6.05. The number of nitrogens with one attached hydrogen (secondary N) is 1. The van der Waals surface area contributed by atoms with E-state index in [0.29, 0.717) is 6.04 Å². The molecule has 3 rings (SSSR count). The Kier molecular flexibility index (Phi) is 4.62. The Balaban J connectivity index is 1.68. The summed E-state index contributed by atoms with van der Waals surface area (Å²) < 4.78 is 6.05. The van der Waals surface area contributed by atoms with Crippen molar-refractivity contribution >= 4 is 0 Å². The molecule has 2 heteroatoms. The van der Waals surface area contributed by atoms with Crippen LogP contribution in [0.5, 0.6) is 5.75 Å². The summed E-state index contributed by atoms with van der Waals surface area (Å²) in [5.74, 6) is 1.86. The predicted octanol–water partition coefficient (Wildman–Crippen LogP) is 4.24. The predicted molar refractivity (Wildman–Crippen MR) is 83.3 cm³/mol. The summed E-state index contributed by atoms with van der Waals surface area (Å²) in [7, 11) is 0. The van der Waals surface area contributed by atoms with Gasteiger partial charge in [-0.2, -0.15) is 0 Å². The first-order valence-electron chi connectivity index (χ1n) is 8.36. The van der Waals surface area contributed by atoms with Crippen LogP contribution < -0.4 is 10.1 Å². The lowest BCUT2D eigenvalue weighted by Gasteiger charge is -2.27. The summed E-state index contributed by atoms with van der Waals surface area (Å²) in [6, 6.07) is 7.26. The molecule has 1 N–H and O–H groups in total. The molecule has 0 radical (unpaired) electrons. The van der Waals surface area contributed by atoms with Gasteiger partial charge < -0.3 is 10.1 Å². The van der Waals surface area contributed by atoms with Crippen LogP contribution in [-0.4, -0.2) is 13.2 Å². The lowest BCUT2D eigenvalue weighted by Crippen LogP contribution is -2.25. The minimum absolute atomic E-state index is 0.527. The van der Waals surface area contributed by atoms with Gasteiger partial charge in [-0.1, -0.05) is 25.8 Å². The maximum Gasteiger partial charge on any atom is 0.119 e. The summed E-state index contributed by atoms with van der Waals surface area (Å²) in [6.45, 7) is 4.14. The molecule has 0 aromatic heterocycles. The van der Waals surface area contributed by atoms with Crippen LogP contribution in [0.4, 0.5) is 0 Å². The van der Waals surface area contributed by atoms with Crippen molar-refractivity contribution in [3.63, 3.8) is 0 Å². The average molecular weight is 273 g/mol. The van der Waals surface area contributed by atoms with Crippen molar-refractivity contribution in [1.82, 2.24) is 5.32 Å². The van der Waals surface area contributed by atoms with Crippen molar-refractivity contribution in [2.24, 2.45) is 5.92 Å². The van der Waals surface area contributed by atoms with E-state index >= 15 is 0 Å². The third-order valence-electron chi connectivity index (χ3n) is 4.84. The Morgan fingerprint density at radius 2 is 2.00 bits per heavy atom. The first-order valence-corrected chi connectivity index (χ1v) is 8.36. The molecule has 2 nitrogen and oxygen atoms in total. The van der Waals surface area contributed by atoms with Crippen LogP contribution in [0.1, 0.15) is 62.6 Å². The third-order valence-corrected chi connectivity index (χ3v) is 4.84. The molecule has 110 valence electrons. The van der Waals surface area contributed by atoms with Gasteiger partial charge in [0.05, 0.1) is 6.61 Å². The van der Waals surface area contributed by atoms with Crippen LogP contribution in [0.2, 0.25) is 0 Å². The molecule has 2 aliphatic carbocycles. The fraction of sp³-hybridized carbons (Fsp3) is 0.667. The third kappa shape index (κ3) is 3.17. The van der Waals surface area contributed by atoms with E-state index in [2.05, 4.69) is 30.4 Å². The highest BCUT2D eigenvalue weighted by atomic mass is 16.5. The van der Waals surface area contributed by atoms with Crippen LogP contribution >= 0.6 is 0 Å². The minimum atomic E-state index is 0.527. The van der Waals surface area contributed by atoms with E-state index in [1.165, 1.54) is 56.1 Å². The lowest BCUT2D eigenvalue weighted by molar-refractivity contribution is 0.251. The van der Waals surface area contributed by atoms with Crippen molar-refractivity contribution in [1.29, 1.82) is 0 Å². The van der Waals surface area contributed by atoms with Crippen LogP contribution in [0.25, 0.3) is 0 Å². The summed E-state index contributed by atoms with van der Waals surface area (Å²) in [5.41, 5.74) is 2.98. The topological polar surface area (TPSA) is 21.3 Å². The SMILES string of the molecule is CCNC1CCCc2ccc(OCC3CCCC3)cc21. The second-order valence-electron chi connectivity index (χ2n) is 6.32. The van der Waals surface area contributed by atoms with Gasteiger partial charge in [0.15, 0.2) is 0 Å². The Hall–Kier alpha value is -1.02. The van der Waals surface area contributed by atoms with E-state index in [-0.39, 0.29) is 0 Å². The number of benzene rings is 1. The first-order chi connectivity index (χ1) is 9.86. The number of fused-ring (bicyclic) bond motifs is 1. The molecule has 1 fully saturated rings. The van der Waals surface area contributed by atoms with Crippen molar-refractivity contribution in [2.75, 3.05) is 13.2 Å². The van der Waals surface area contributed by atoms with Crippen molar-refractivity contribution in [3.05, 3.63) is 29.3 Å². The minimum Gasteiger partial charge on any atom is -0.493 e. The van der Waals surface area contributed by atoms with Crippen molar-refractivity contribution in [3.8, 4) is 5.75 Å². The molecule has 20 heavy (non-hydrogen) atoms. The number of hydrogen-bond acceptors (Lipinski definition) is 2. The van der Waals surface area contributed by atoms with Crippen LogP contribution in [0.3, 0.4) is 0 Å². The van der Waals surface area contributed by atoms with Crippen LogP contribution in [0.15, 0.2) is 18.2 Å². The zero-order valence-electron chi connectivity index (χ0n) is 12.7. The Labute approximate surface area is 122 Å². The largest absolute Gasteiger partial charge is 0.493 e. The lowest BCUT2D eigenvalue weighted by atomic mass is 9.87. The summed E-state index contributed by atoms with van der Waals surface area (Å²) in [5, 5.41) is 3.61. The molecular formula is C18H27NO. The standard InChI is InChI=1S/C18H27NO/c1-2-19-18-9-5-8-15-10-11-16(12-17(15)18)20-13-14-6-3-4-7-14/h10-12,14,18-19H,2-9,13H2,1H3. The van der Waals surface area contributed by atoms with Gasteiger partial charge in [-0.3, -0.25) is 0 Å². The Morgan fingerprint density at radius 1 is 1.15 bits per heavy atom. The van der Waals surface area contributed by atoms with Crippen molar-refractivity contribution in [2.45, 2.75) is 57.9 Å². The Morgan fingerprint density at radius 3 is 2.80 bits per heavy atom. The molecule has 1 unspecified atom stereocenters. The Bertz CT molecular complexity index is 437. The molecule has 2 aliphatic rings. The second-order valence-corrected chi connectivity index (χ2v) is 6.32. The second kappa shape index (κ2) is 6.62. The van der Waals surface area contributed by atoms with Gasteiger partial charge in [-0.05, 0) is 67.8 Å². The van der Waals surface area contributed by atoms with E-state index in [1.807, 2.05) is 0 Å². The fourth-order valence-electron chi connectivity index (χ4n) is 3.72. The summed E-state index contributed by atoms with van der Waals surface area (Å²) in [4.78, 5) is 0. The molecule has 1 aromatic rings. The zero-order valence-corrected chi connectivity index (χ0v) is 12.7. The molecule has 1 aromatic carbocycles. The molecule has 0 aliphatic heterocycles. The van der Waals surface area contributed by atoms with E-state index in [0.717, 1.165) is 24.8 Å². The number of hydrogen-bond donors (Lipinski definition) is 1. The van der Waals surface area contributed by atoms with Crippen LogP contribution in [0, 0.1) is 5.92 Å². The van der Waals surface area contributed by atoms with Gasteiger partial charge in [-0.15, -0.1) is 0 Å². The maximum atomic E-state index is 6.05. The number of ether oxygens (including phenoxy) is 1. The summed E-state index contributed by atoms with van der Waals surface area (Å²) >= 11 is 0. The fourth-order valence-corrected chi connectivity index (χ4v) is 3.72. The smallest absolute Gasteiger partial charge is 0.119 e. The molecule has 0 bridgehead atoms. The monoisotopic (exact) mass is 273 g/mol. The van der Waals surface area contributed by atoms with Gasteiger partial charge in [0.2, 0.25) is 0 Å². The van der Waals surface area contributed by atoms with E-state index in [4.69, 9.17) is 4.74 Å². The number of aryl methyl sites for hydroxylation is 1. The van der Waals surface area contributed by atoms with E-state index in [1.54, 1.807) is 0 Å². The molecule has 0 amide bonds. The highest BCUT2D eigenvalue weighted by molar-refractivity contribution is 5.39. The molecule has 0 heterocycles. The molecular weight excluding hydrogens is 246 g/mol. The van der Waals surface area contributed by atoms with Gasteiger partial charge in [0, 0.05) is 6.04 Å². The number of rotatable bonds is 5. The quantitative estimate of drug-likeness (QED) is 0.866.